The van der Waals surface area contributed by atoms with Crippen LogP contribution in [0.1, 0.15) is 32.6 Å². The van der Waals surface area contributed by atoms with E-state index in [1.54, 1.807) is 4.90 Å². The summed E-state index contributed by atoms with van der Waals surface area (Å²) in [5, 5.41) is 0. The number of alkyl halides is 1. The highest BCUT2D eigenvalue weighted by Crippen LogP contribution is 2.29. The Hall–Kier alpha value is -0.240. The first kappa shape index (κ1) is 11.8. The molecule has 0 unspecified atom stereocenters. The molecule has 0 bridgehead atoms. The van der Waals surface area contributed by atoms with Crippen molar-refractivity contribution in [2.75, 3.05) is 19.5 Å². The van der Waals surface area contributed by atoms with Gasteiger partial charge in [0.25, 0.3) is 0 Å². The molecule has 0 atom stereocenters. The van der Waals surface area contributed by atoms with Crippen LogP contribution in [-0.2, 0) is 4.79 Å². The van der Waals surface area contributed by atoms with E-state index in [-0.39, 0.29) is 11.8 Å². The summed E-state index contributed by atoms with van der Waals surface area (Å²) in [4.78, 5) is 13.6. The first-order chi connectivity index (χ1) is 6.65. The van der Waals surface area contributed by atoms with E-state index in [4.69, 9.17) is 11.6 Å². The van der Waals surface area contributed by atoms with Crippen molar-refractivity contribution in [1.29, 1.82) is 0 Å². The number of amides is 1. The molecule has 1 amide bonds. The molecule has 0 aromatic carbocycles. The lowest BCUT2D eigenvalue weighted by atomic mass is 9.82. The van der Waals surface area contributed by atoms with Crippen LogP contribution in [0.4, 0.5) is 0 Å². The van der Waals surface area contributed by atoms with Gasteiger partial charge in [0.1, 0.15) is 0 Å². The maximum absolute atomic E-state index is 11.9. The number of carbonyl (C=O) groups excluding carboxylic acids is 1. The number of hydrogen-bond acceptors (Lipinski definition) is 1. The number of rotatable bonds is 3. The zero-order valence-electron chi connectivity index (χ0n) is 9.13. The zero-order valence-corrected chi connectivity index (χ0v) is 9.89. The predicted octanol–water partition coefficient (Wildman–Crippen LogP) is 2.51. The van der Waals surface area contributed by atoms with E-state index in [2.05, 4.69) is 6.92 Å². The highest BCUT2D eigenvalue weighted by molar-refractivity contribution is 6.18. The summed E-state index contributed by atoms with van der Waals surface area (Å²) >= 11 is 5.61. The number of carbonyl (C=O) groups is 1. The van der Waals surface area contributed by atoms with Crippen molar-refractivity contribution in [3.05, 3.63) is 0 Å². The van der Waals surface area contributed by atoms with Crippen LogP contribution in [0.2, 0.25) is 0 Å². The second-order valence-electron chi connectivity index (χ2n) is 4.41. The van der Waals surface area contributed by atoms with E-state index in [0.29, 0.717) is 12.4 Å². The summed E-state index contributed by atoms with van der Waals surface area (Å²) in [5.41, 5.74) is 0. The van der Waals surface area contributed by atoms with Crippen LogP contribution in [0.3, 0.4) is 0 Å². The minimum Gasteiger partial charge on any atom is -0.344 e. The molecule has 1 saturated carbocycles. The van der Waals surface area contributed by atoms with Gasteiger partial charge in [-0.2, -0.15) is 0 Å². The number of nitrogens with zero attached hydrogens (tertiary/aromatic N) is 1. The van der Waals surface area contributed by atoms with Gasteiger partial charge in [-0.1, -0.05) is 6.92 Å². The minimum absolute atomic E-state index is 0.263. The Bertz CT molecular complexity index is 188. The summed E-state index contributed by atoms with van der Waals surface area (Å²) in [6, 6.07) is 0. The van der Waals surface area contributed by atoms with Crippen molar-refractivity contribution in [1.82, 2.24) is 4.90 Å². The quantitative estimate of drug-likeness (QED) is 0.666. The summed E-state index contributed by atoms with van der Waals surface area (Å²) in [6.07, 6.45) is 4.52. The lowest BCUT2D eigenvalue weighted by Crippen LogP contribution is -2.35. The van der Waals surface area contributed by atoms with Crippen molar-refractivity contribution in [3.63, 3.8) is 0 Å². The highest BCUT2D eigenvalue weighted by atomic mass is 35.5. The number of hydrogen-bond donors (Lipinski definition) is 0. The molecule has 1 aliphatic rings. The van der Waals surface area contributed by atoms with Crippen LogP contribution >= 0.6 is 11.6 Å². The largest absolute Gasteiger partial charge is 0.344 e. The first-order valence-electron chi connectivity index (χ1n) is 5.46. The Balaban J connectivity index is 2.37. The average Bonchev–Trinajstić information content (AvgIpc) is 2.18. The number of halogens is 1. The van der Waals surface area contributed by atoms with E-state index >= 15 is 0 Å². The minimum atomic E-state index is 0.263. The molecule has 1 rings (SSSR count). The van der Waals surface area contributed by atoms with E-state index in [1.165, 1.54) is 12.8 Å². The van der Waals surface area contributed by atoms with Gasteiger partial charge in [-0.15, -0.1) is 11.6 Å². The highest BCUT2D eigenvalue weighted by Gasteiger charge is 2.26. The van der Waals surface area contributed by atoms with E-state index in [1.807, 2.05) is 7.05 Å². The first-order valence-corrected chi connectivity index (χ1v) is 5.99. The van der Waals surface area contributed by atoms with Gasteiger partial charge >= 0.3 is 0 Å². The molecular weight excluding hydrogens is 198 g/mol. The third-order valence-corrected chi connectivity index (χ3v) is 3.33. The summed E-state index contributed by atoms with van der Waals surface area (Å²) in [5.74, 6) is 1.89. The van der Waals surface area contributed by atoms with Gasteiger partial charge in [0.15, 0.2) is 0 Å². The van der Waals surface area contributed by atoms with Gasteiger partial charge in [0.2, 0.25) is 5.91 Å². The lowest BCUT2D eigenvalue weighted by molar-refractivity contribution is -0.135. The molecule has 2 nitrogen and oxygen atoms in total. The van der Waals surface area contributed by atoms with Crippen molar-refractivity contribution in [2.45, 2.75) is 32.6 Å². The third kappa shape index (κ3) is 3.16. The Morgan fingerprint density at radius 1 is 1.36 bits per heavy atom. The molecule has 0 aromatic heterocycles. The van der Waals surface area contributed by atoms with Crippen LogP contribution in [0.15, 0.2) is 0 Å². The van der Waals surface area contributed by atoms with Gasteiger partial charge < -0.3 is 4.90 Å². The maximum atomic E-state index is 11.9. The standard InChI is InChI=1S/C11H20ClNO/c1-9-3-5-10(6-4-9)11(14)13(2)8-7-12/h9-10H,3-8H2,1-2H3. The molecule has 0 aromatic rings. The molecule has 0 radical (unpaired) electrons. The van der Waals surface area contributed by atoms with Crippen LogP contribution in [0, 0.1) is 11.8 Å². The Labute approximate surface area is 91.6 Å². The smallest absolute Gasteiger partial charge is 0.225 e. The molecule has 14 heavy (non-hydrogen) atoms. The van der Waals surface area contributed by atoms with Gasteiger partial charge in [0.05, 0.1) is 0 Å². The van der Waals surface area contributed by atoms with Gasteiger partial charge in [-0.05, 0) is 31.6 Å². The molecular formula is C11H20ClNO. The SMILES string of the molecule is CC1CCC(C(=O)N(C)CCCl)CC1. The molecule has 0 saturated heterocycles. The van der Waals surface area contributed by atoms with Gasteiger partial charge in [-0.25, -0.2) is 0 Å². The second-order valence-corrected chi connectivity index (χ2v) is 4.78. The maximum Gasteiger partial charge on any atom is 0.225 e. The Morgan fingerprint density at radius 3 is 2.43 bits per heavy atom. The zero-order chi connectivity index (χ0) is 10.6. The van der Waals surface area contributed by atoms with Crippen molar-refractivity contribution >= 4 is 17.5 Å². The molecule has 82 valence electrons. The van der Waals surface area contributed by atoms with Crippen molar-refractivity contribution < 1.29 is 4.79 Å². The molecule has 1 aliphatic carbocycles. The molecule has 0 N–H and O–H groups in total. The lowest BCUT2D eigenvalue weighted by Gasteiger charge is -2.28. The second kappa shape index (κ2) is 5.59. The van der Waals surface area contributed by atoms with Gasteiger partial charge in [0, 0.05) is 25.4 Å². The predicted molar refractivity (Wildman–Crippen MR) is 59.5 cm³/mol. The van der Waals surface area contributed by atoms with E-state index in [0.717, 1.165) is 18.8 Å². The van der Waals surface area contributed by atoms with Crippen LogP contribution < -0.4 is 0 Å². The van der Waals surface area contributed by atoms with Crippen molar-refractivity contribution in [3.8, 4) is 0 Å². The summed E-state index contributed by atoms with van der Waals surface area (Å²) < 4.78 is 0. The Morgan fingerprint density at radius 2 is 1.93 bits per heavy atom. The van der Waals surface area contributed by atoms with Crippen LogP contribution in [0.25, 0.3) is 0 Å². The summed E-state index contributed by atoms with van der Waals surface area (Å²) in [6.45, 7) is 2.94. The summed E-state index contributed by atoms with van der Waals surface area (Å²) in [7, 11) is 1.85. The molecule has 0 aliphatic heterocycles. The third-order valence-electron chi connectivity index (χ3n) is 3.16. The monoisotopic (exact) mass is 217 g/mol. The molecule has 0 spiro atoms. The van der Waals surface area contributed by atoms with E-state index < -0.39 is 0 Å². The normalized spacial score (nSPS) is 27.4. The molecule has 3 heteroatoms. The fraction of sp³-hybridized carbons (Fsp3) is 0.909. The fourth-order valence-electron chi connectivity index (χ4n) is 2.06. The van der Waals surface area contributed by atoms with Gasteiger partial charge in [-0.3, -0.25) is 4.79 Å². The van der Waals surface area contributed by atoms with Crippen LogP contribution in [-0.4, -0.2) is 30.3 Å². The topological polar surface area (TPSA) is 20.3 Å². The van der Waals surface area contributed by atoms with E-state index in [9.17, 15) is 4.79 Å². The molecule has 1 fully saturated rings. The van der Waals surface area contributed by atoms with Crippen LogP contribution in [0.5, 0.6) is 0 Å². The Kier molecular flexibility index (Phi) is 4.73. The van der Waals surface area contributed by atoms with Crippen molar-refractivity contribution in [2.24, 2.45) is 11.8 Å². The molecule has 0 heterocycles. The average molecular weight is 218 g/mol. The fourth-order valence-corrected chi connectivity index (χ4v) is 2.31.